The maximum atomic E-state index is 12.0. The lowest BCUT2D eigenvalue weighted by Gasteiger charge is -2.18. The molecular formula is C12H24N2O2S. The highest BCUT2D eigenvalue weighted by molar-refractivity contribution is 7.89. The van der Waals surface area contributed by atoms with Crippen LogP contribution in [0.25, 0.3) is 0 Å². The van der Waals surface area contributed by atoms with Crippen LogP contribution in [0.5, 0.6) is 0 Å². The Morgan fingerprint density at radius 3 is 2.29 bits per heavy atom. The summed E-state index contributed by atoms with van der Waals surface area (Å²) in [5.74, 6) is 0.253. The minimum atomic E-state index is -3.09. The van der Waals surface area contributed by atoms with Crippen molar-refractivity contribution in [1.29, 1.82) is 0 Å². The third-order valence-corrected chi connectivity index (χ3v) is 5.32. The monoisotopic (exact) mass is 260 g/mol. The van der Waals surface area contributed by atoms with Crippen molar-refractivity contribution < 1.29 is 8.42 Å². The third kappa shape index (κ3) is 4.56. The second-order valence-electron chi connectivity index (χ2n) is 5.38. The minimum absolute atomic E-state index is 0.165. The molecule has 4 nitrogen and oxygen atoms in total. The average Bonchev–Trinajstić information content (AvgIpc) is 2.61. The Kier molecular flexibility index (Phi) is 4.82. The molecule has 1 atom stereocenters. The Morgan fingerprint density at radius 2 is 1.71 bits per heavy atom. The third-order valence-electron chi connectivity index (χ3n) is 3.78. The summed E-state index contributed by atoms with van der Waals surface area (Å²) in [7, 11) is -3.09. The molecule has 0 aromatic rings. The highest BCUT2D eigenvalue weighted by atomic mass is 32.2. The predicted molar refractivity (Wildman–Crippen MR) is 69.4 cm³/mol. The van der Waals surface area contributed by atoms with E-state index in [9.17, 15) is 8.42 Å². The first-order chi connectivity index (χ1) is 8.16. The summed E-state index contributed by atoms with van der Waals surface area (Å²) in [6, 6.07) is 0.349. The predicted octanol–water partition coefficient (Wildman–Crippen LogP) is 1.38. The van der Waals surface area contributed by atoms with E-state index in [1.165, 1.54) is 12.8 Å². The zero-order valence-corrected chi connectivity index (χ0v) is 11.3. The van der Waals surface area contributed by atoms with Crippen LogP contribution < -0.4 is 10.0 Å². The second kappa shape index (κ2) is 6.16. The number of nitrogens with one attached hydrogen (secondary N) is 2. The van der Waals surface area contributed by atoms with Crippen LogP contribution in [0.1, 0.15) is 51.4 Å². The highest BCUT2D eigenvalue weighted by Gasteiger charge is 2.24. The van der Waals surface area contributed by atoms with Crippen LogP contribution in [0.4, 0.5) is 0 Å². The van der Waals surface area contributed by atoms with Gasteiger partial charge in [0.25, 0.3) is 0 Å². The van der Waals surface area contributed by atoms with E-state index in [-0.39, 0.29) is 17.8 Å². The van der Waals surface area contributed by atoms with Crippen LogP contribution >= 0.6 is 0 Å². The number of hydrogen-bond acceptors (Lipinski definition) is 3. The van der Waals surface area contributed by atoms with Crippen molar-refractivity contribution in [1.82, 2.24) is 10.0 Å². The molecular weight excluding hydrogens is 236 g/mol. The standard InChI is InChI=1S/C12H24N2O2S/c15-17(16,10-12-8-5-9-13-12)14-11-6-3-1-2-4-7-11/h11-14H,1-10H2. The minimum Gasteiger partial charge on any atom is -0.313 e. The normalized spacial score (nSPS) is 28.1. The first-order valence-electron chi connectivity index (χ1n) is 6.89. The fourth-order valence-corrected chi connectivity index (χ4v) is 4.52. The van der Waals surface area contributed by atoms with Gasteiger partial charge in [-0.15, -0.1) is 0 Å². The van der Waals surface area contributed by atoms with Crippen molar-refractivity contribution in [3.05, 3.63) is 0 Å². The molecule has 1 unspecified atom stereocenters. The molecule has 17 heavy (non-hydrogen) atoms. The summed E-state index contributed by atoms with van der Waals surface area (Å²) >= 11 is 0. The smallest absolute Gasteiger partial charge is 0.213 e. The van der Waals surface area contributed by atoms with E-state index in [4.69, 9.17) is 0 Å². The molecule has 5 heteroatoms. The van der Waals surface area contributed by atoms with E-state index < -0.39 is 10.0 Å². The lowest BCUT2D eigenvalue weighted by molar-refractivity contribution is 0.503. The van der Waals surface area contributed by atoms with Crippen LogP contribution in [0.2, 0.25) is 0 Å². The lowest BCUT2D eigenvalue weighted by Crippen LogP contribution is -2.41. The van der Waals surface area contributed by atoms with E-state index in [1.807, 2.05) is 0 Å². The largest absolute Gasteiger partial charge is 0.313 e. The van der Waals surface area contributed by atoms with Gasteiger partial charge in [0.15, 0.2) is 0 Å². The summed E-state index contributed by atoms with van der Waals surface area (Å²) in [6.07, 6.45) is 8.94. The Hall–Kier alpha value is -0.130. The molecule has 2 N–H and O–H groups in total. The van der Waals surface area contributed by atoms with Crippen LogP contribution in [-0.2, 0) is 10.0 Å². The summed E-state index contributed by atoms with van der Waals surface area (Å²) < 4.78 is 26.9. The van der Waals surface area contributed by atoms with Gasteiger partial charge in [0, 0.05) is 12.1 Å². The fourth-order valence-electron chi connectivity index (χ4n) is 2.86. The molecule has 0 aromatic heterocycles. The molecule has 1 aliphatic heterocycles. The van der Waals surface area contributed by atoms with Crippen LogP contribution in [-0.4, -0.2) is 32.8 Å². The van der Waals surface area contributed by atoms with Gasteiger partial charge >= 0.3 is 0 Å². The van der Waals surface area contributed by atoms with Crippen molar-refractivity contribution in [3.63, 3.8) is 0 Å². The molecule has 1 heterocycles. The zero-order chi connectivity index (χ0) is 12.1. The molecule has 2 aliphatic rings. The maximum Gasteiger partial charge on any atom is 0.213 e. The molecule has 1 saturated heterocycles. The van der Waals surface area contributed by atoms with Crippen LogP contribution in [0, 0.1) is 0 Å². The topological polar surface area (TPSA) is 58.2 Å². The summed E-state index contributed by atoms with van der Waals surface area (Å²) in [6.45, 7) is 0.962. The molecule has 2 fully saturated rings. The average molecular weight is 260 g/mol. The van der Waals surface area contributed by atoms with Crippen LogP contribution in [0.3, 0.4) is 0 Å². The SMILES string of the molecule is O=S(=O)(CC1CCCN1)NC1CCCCCC1. The van der Waals surface area contributed by atoms with Crippen molar-refractivity contribution in [2.75, 3.05) is 12.3 Å². The molecule has 1 saturated carbocycles. The van der Waals surface area contributed by atoms with Gasteiger partial charge in [-0.1, -0.05) is 25.7 Å². The zero-order valence-electron chi connectivity index (χ0n) is 10.5. The summed E-state index contributed by atoms with van der Waals surface area (Å²) in [5, 5.41) is 3.24. The van der Waals surface area contributed by atoms with Gasteiger partial charge in [0.05, 0.1) is 5.75 Å². The number of sulfonamides is 1. The van der Waals surface area contributed by atoms with Crippen LogP contribution in [0.15, 0.2) is 0 Å². The molecule has 2 rings (SSSR count). The lowest BCUT2D eigenvalue weighted by atomic mass is 10.1. The Morgan fingerprint density at radius 1 is 1.00 bits per heavy atom. The molecule has 0 bridgehead atoms. The molecule has 0 amide bonds. The Bertz CT molecular complexity index is 315. The molecule has 100 valence electrons. The quantitative estimate of drug-likeness (QED) is 0.751. The molecule has 0 spiro atoms. The van der Waals surface area contributed by atoms with Crippen molar-refractivity contribution in [2.45, 2.75) is 63.5 Å². The van der Waals surface area contributed by atoms with Crippen molar-refractivity contribution in [2.24, 2.45) is 0 Å². The first kappa shape index (κ1) is 13.3. The highest BCUT2D eigenvalue weighted by Crippen LogP contribution is 2.18. The maximum absolute atomic E-state index is 12.0. The van der Waals surface area contributed by atoms with E-state index in [0.29, 0.717) is 0 Å². The first-order valence-corrected chi connectivity index (χ1v) is 8.54. The van der Waals surface area contributed by atoms with Crippen molar-refractivity contribution >= 4 is 10.0 Å². The van der Waals surface area contributed by atoms with E-state index in [1.54, 1.807) is 0 Å². The number of hydrogen-bond donors (Lipinski definition) is 2. The van der Waals surface area contributed by atoms with Gasteiger partial charge in [-0.25, -0.2) is 13.1 Å². The van der Waals surface area contributed by atoms with Gasteiger partial charge < -0.3 is 5.32 Å². The van der Waals surface area contributed by atoms with Gasteiger partial charge in [-0.3, -0.25) is 0 Å². The molecule has 0 aromatic carbocycles. The number of rotatable bonds is 4. The van der Waals surface area contributed by atoms with Gasteiger partial charge in [0.1, 0.15) is 0 Å². The van der Waals surface area contributed by atoms with Gasteiger partial charge in [0.2, 0.25) is 10.0 Å². The summed E-state index contributed by atoms with van der Waals surface area (Å²) in [5.41, 5.74) is 0. The van der Waals surface area contributed by atoms with E-state index in [2.05, 4.69) is 10.0 Å². The van der Waals surface area contributed by atoms with E-state index >= 15 is 0 Å². The molecule has 0 radical (unpaired) electrons. The Labute approximate surface area is 105 Å². The fraction of sp³-hybridized carbons (Fsp3) is 1.00. The van der Waals surface area contributed by atoms with Gasteiger partial charge in [-0.05, 0) is 32.2 Å². The molecule has 1 aliphatic carbocycles. The second-order valence-corrected chi connectivity index (χ2v) is 7.18. The van der Waals surface area contributed by atoms with E-state index in [0.717, 1.165) is 45.1 Å². The van der Waals surface area contributed by atoms with Crippen molar-refractivity contribution in [3.8, 4) is 0 Å². The summed E-state index contributed by atoms with van der Waals surface area (Å²) in [4.78, 5) is 0. The van der Waals surface area contributed by atoms with Gasteiger partial charge in [-0.2, -0.15) is 0 Å². The Balaban J connectivity index is 1.82.